The number of fused-ring (bicyclic) bond motifs is 1. The number of nitrogens with zero attached hydrogens (tertiary/aromatic N) is 4. The number of amides is 1. The van der Waals surface area contributed by atoms with Gasteiger partial charge in [-0.25, -0.2) is 9.50 Å². The van der Waals surface area contributed by atoms with Gasteiger partial charge in [-0.15, -0.1) is 0 Å². The van der Waals surface area contributed by atoms with Crippen molar-refractivity contribution < 1.29 is 9.21 Å². The number of carbonyl (C=O) groups excluding carboxylic acids is 1. The fourth-order valence-corrected chi connectivity index (χ4v) is 2.86. The SMILES string of the molecule is Cc1cc(Cl)nc2c(C(=O)NCc3ccc(-c4ccco4)cn3)cnn12. The first-order chi connectivity index (χ1) is 12.6. The van der Waals surface area contributed by atoms with E-state index in [0.717, 1.165) is 22.7 Å². The van der Waals surface area contributed by atoms with E-state index in [1.165, 1.54) is 6.20 Å². The van der Waals surface area contributed by atoms with E-state index in [-0.39, 0.29) is 12.5 Å². The van der Waals surface area contributed by atoms with Gasteiger partial charge in [-0.3, -0.25) is 9.78 Å². The van der Waals surface area contributed by atoms with Gasteiger partial charge in [0, 0.05) is 17.5 Å². The molecule has 1 N–H and O–H groups in total. The normalized spacial score (nSPS) is 11.0. The number of rotatable bonds is 4. The van der Waals surface area contributed by atoms with Crippen LogP contribution in [0.4, 0.5) is 0 Å². The van der Waals surface area contributed by atoms with Gasteiger partial charge in [0.1, 0.15) is 16.5 Å². The van der Waals surface area contributed by atoms with Crippen molar-refractivity contribution >= 4 is 23.2 Å². The van der Waals surface area contributed by atoms with Gasteiger partial charge in [0.25, 0.3) is 5.91 Å². The summed E-state index contributed by atoms with van der Waals surface area (Å²) >= 11 is 5.99. The molecule has 0 aliphatic carbocycles. The van der Waals surface area contributed by atoms with E-state index in [0.29, 0.717) is 16.4 Å². The number of hydrogen-bond donors (Lipinski definition) is 1. The van der Waals surface area contributed by atoms with Gasteiger partial charge >= 0.3 is 0 Å². The fourth-order valence-electron chi connectivity index (χ4n) is 2.62. The second-order valence-electron chi connectivity index (χ2n) is 5.71. The van der Waals surface area contributed by atoms with Crippen LogP contribution >= 0.6 is 11.6 Å². The summed E-state index contributed by atoms with van der Waals surface area (Å²) in [6.45, 7) is 2.13. The molecule has 0 spiro atoms. The van der Waals surface area contributed by atoms with E-state index in [1.807, 2.05) is 31.2 Å². The van der Waals surface area contributed by atoms with Gasteiger partial charge in [-0.05, 0) is 37.3 Å². The first-order valence-corrected chi connectivity index (χ1v) is 8.27. The van der Waals surface area contributed by atoms with Crippen molar-refractivity contribution in [3.05, 3.63) is 71.1 Å². The molecule has 7 nitrogen and oxygen atoms in total. The monoisotopic (exact) mass is 367 g/mol. The predicted octanol–water partition coefficient (Wildman–Crippen LogP) is 3.28. The topological polar surface area (TPSA) is 85.3 Å². The second-order valence-corrected chi connectivity index (χ2v) is 6.10. The largest absolute Gasteiger partial charge is 0.464 e. The second kappa shape index (κ2) is 6.61. The standard InChI is InChI=1S/C18H14ClN5O2/c1-11-7-16(19)23-17-14(10-22-24(11)17)18(25)21-9-13-5-4-12(8-20-13)15-3-2-6-26-15/h2-8,10H,9H2,1H3,(H,21,25). The van der Waals surface area contributed by atoms with E-state index in [2.05, 4.69) is 20.4 Å². The maximum absolute atomic E-state index is 12.5. The van der Waals surface area contributed by atoms with Crippen LogP contribution in [0.1, 0.15) is 21.7 Å². The molecule has 0 aliphatic heterocycles. The first-order valence-electron chi connectivity index (χ1n) is 7.90. The molecule has 0 saturated carbocycles. The van der Waals surface area contributed by atoms with E-state index >= 15 is 0 Å². The fraction of sp³-hybridized carbons (Fsp3) is 0.111. The van der Waals surface area contributed by atoms with Crippen LogP contribution in [0, 0.1) is 6.92 Å². The Morgan fingerprint density at radius 3 is 2.92 bits per heavy atom. The quantitative estimate of drug-likeness (QED) is 0.559. The van der Waals surface area contributed by atoms with Crippen LogP contribution in [-0.2, 0) is 6.54 Å². The van der Waals surface area contributed by atoms with Gasteiger partial charge in [0.2, 0.25) is 0 Å². The number of aryl methyl sites for hydroxylation is 1. The number of carbonyl (C=O) groups is 1. The Balaban J connectivity index is 1.49. The average Bonchev–Trinajstić information content (AvgIpc) is 3.30. The van der Waals surface area contributed by atoms with Crippen molar-refractivity contribution in [1.82, 2.24) is 24.9 Å². The lowest BCUT2D eigenvalue weighted by Crippen LogP contribution is -2.23. The lowest BCUT2D eigenvalue weighted by molar-refractivity contribution is 0.0952. The van der Waals surface area contributed by atoms with E-state index in [1.54, 1.807) is 23.0 Å². The zero-order valence-corrected chi connectivity index (χ0v) is 14.6. The van der Waals surface area contributed by atoms with E-state index in [9.17, 15) is 4.79 Å². The molecule has 130 valence electrons. The Bertz CT molecular complexity index is 1070. The van der Waals surface area contributed by atoms with Gasteiger partial charge in [0.05, 0.1) is 24.7 Å². The van der Waals surface area contributed by atoms with E-state index < -0.39 is 0 Å². The zero-order valence-electron chi connectivity index (χ0n) is 13.8. The molecular weight excluding hydrogens is 354 g/mol. The van der Waals surface area contributed by atoms with Crippen molar-refractivity contribution in [3.63, 3.8) is 0 Å². The Morgan fingerprint density at radius 1 is 1.31 bits per heavy atom. The molecule has 4 aromatic rings. The summed E-state index contributed by atoms with van der Waals surface area (Å²) in [7, 11) is 0. The third kappa shape index (κ3) is 3.04. The summed E-state index contributed by atoms with van der Waals surface area (Å²) in [4.78, 5) is 21.0. The number of pyridine rings is 1. The van der Waals surface area contributed by atoms with Crippen molar-refractivity contribution in [2.24, 2.45) is 0 Å². The number of aromatic nitrogens is 4. The summed E-state index contributed by atoms with van der Waals surface area (Å²) in [5.41, 5.74) is 3.19. The smallest absolute Gasteiger partial charge is 0.257 e. The van der Waals surface area contributed by atoms with Crippen LogP contribution in [0.3, 0.4) is 0 Å². The molecule has 8 heteroatoms. The summed E-state index contributed by atoms with van der Waals surface area (Å²) in [5.74, 6) is 0.462. The molecule has 4 aromatic heterocycles. The Morgan fingerprint density at radius 2 is 2.19 bits per heavy atom. The Hall–Kier alpha value is -3.19. The molecule has 0 atom stereocenters. The van der Waals surface area contributed by atoms with Crippen LogP contribution in [-0.4, -0.2) is 25.5 Å². The van der Waals surface area contributed by atoms with Crippen LogP contribution in [0.2, 0.25) is 5.15 Å². The maximum Gasteiger partial charge on any atom is 0.257 e. The van der Waals surface area contributed by atoms with Crippen molar-refractivity contribution in [2.45, 2.75) is 13.5 Å². The van der Waals surface area contributed by atoms with Crippen molar-refractivity contribution in [3.8, 4) is 11.3 Å². The summed E-state index contributed by atoms with van der Waals surface area (Å²) in [6.07, 6.45) is 4.80. The van der Waals surface area contributed by atoms with Crippen molar-refractivity contribution in [2.75, 3.05) is 0 Å². The Labute approximate surface area is 153 Å². The average molecular weight is 368 g/mol. The van der Waals surface area contributed by atoms with Crippen molar-refractivity contribution in [1.29, 1.82) is 0 Å². The highest BCUT2D eigenvalue weighted by molar-refractivity contribution is 6.29. The third-order valence-electron chi connectivity index (χ3n) is 3.92. The predicted molar refractivity (Wildman–Crippen MR) is 95.8 cm³/mol. The highest BCUT2D eigenvalue weighted by Gasteiger charge is 2.15. The summed E-state index contributed by atoms with van der Waals surface area (Å²) in [6, 6.07) is 9.11. The molecule has 0 radical (unpaired) electrons. The zero-order chi connectivity index (χ0) is 18.1. The molecule has 26 heavy (non-hydrogen) atoms. The van der Waals surface area contributed by atoms with Gasteiger partial charge < -0.3 is 9.73 Å². The van der Waals surface area contributed by atoms with Crippen LogP contribution in [0.15, 0.2) is 53.4 Å². The van der Waals surface area contributed by atoms with Gasteiger partial charge in [-0.2, -0.15) is 5.10 Å². The summed E-state index contributed by atoms with van der Waals surface area (Å²) < 4.78 is 6.91. The maximum atomic E-state index is 12.5. The molecular formula is C18H14ClN5O2. The minimum Gasteiger partial charge on any atom is -0.464 e. The third-order valence-corrected chi connectivity index (χ3v) is 4.12. The number of nitrogens with one attached hydrogen (secondary N) is 1. The molecule has 0 unspecified atom stereocenters. The molecule has 4 heterocycles. The van der Waals surface area contributed by atoms with Gasteiger partial charge in [-0.1, -0.05) is 11.6 Å². The molecule has 0 bridgehead atoms. The highest BCUT2D eigenvalue weighted by Crippen LogP contribution is 2.19. The summed E-state index contributed by atoms with van der Waals surface area (Å²) in [5, 5.41) is 7.33. The molecule has 0 aliphatic rings. The molecule has 0 aromatic carbocycles. The lowest BCUT2D eigenvalue weighted by atomic mass is 10.2. The minimum absolute atomic E-state index is 0.286. The van der Waals surface area contributed by atoms with Crippen LogP contribution in [0.25, 0.3) is 17.0 Å². The minimum atomic E-state index is -0.286. The number of halogens is 1. The lowest BCUT2D eigenvalue weighted by Gasteiger charge is -2.05. The number of furan rings is 1. The highest BCUT2D eigenvalue weighted by atomic mass is 35.5. The molecule has 0 saturated heterocycles. The number of hydrogen-bond acceptors (Lipinski definition) is 5. The first kappa shape index (κ1) is 16.3. The van der Waals surface area contributed by atoms with Gasteiger partial charge in [0.15, 0.2) is 5.65 Å². The van der Waals surface area contributed by atoms with E-state index in [4.69, 9.17) is 16.0 Å². The van der Waals surface area contributed by atoms with Crippen LogP contribution in [0.5, 0.6) is 0 Å². The van der Waals surface area contributed by atoms with Crippen LogP contribution < -0.4 is 5.32 Å². The molecule has 0 fully saturated rings. The molecule has 1 amide bonds. The Kier molecular flexibility index (Phi) is 4.14. The molecule has 4 rings (SSSR count).